The normalized spacial score (nSPS) is 12.8. The van der Waals surface area contributed by atoms with Crippen molar-refractivity contribution in [2.45, 2.75) is 96.7 Å². The molecule has 0 amide bonds. The zero-order valence-electron chi connectivity index (χ0n) is 29.6. The van der Waals surface area contributed by atoms with E-state index in [1.807, 2.05) is 21.6 Å². The Bertz CT molecular complexity index is 1090. The van der Waals surface area contributed by atoms with Gasteiger partial charge in [0.15, 0.2) is 0 Å². The molecule has 9 heteroatoms. The van der Waals surface area contributed by atoms with Crippen LogP contribution in [0.4, 0.5) is 0 Å². The second-order valence-corrected chi connectivity index (χ2v) is 16.6. The van der Waals surface area contributed by atoms with Crippen molar-refractivity contribution in [3.05, 3.63) is 108 Å². The van der Waals surface area contributed by atoms with Crippen LogP contribution in [-0.2, 0) is 24.2 Å². The predicted octanol–water partition coefficient (Wildman–Crippen LogP) is 10.8. The van der Waals surface area contributed by atoms with E-state index >= 15 is 0 Å². The van der Waals surface area contributed by atoms with Crippen molar-refractivity contribution in [2.75, 3.05) is 37.9 Å². The molecule has 0 aliphatic rings. The van der Waals surface area contributed by atoms with Crippen molar-refractivity contribution in [3.63, 3.8) is 0 Å². The summed E-state index contributed by atoms with van der Waals surface area (Å²) < 4.78 is 21.4. The summed E-state index contributed by atoms with van der Waals surface area (Å²) in [7, 11) is 2.94. The van der Waals surface area contributed by atoms with Crippen LogP contribution in [0.3, 0.4) is 0 Å². The van der Waals surface area contributed by atoms with Crippen LogP contribution in [0.5, 0.6) is 0 Å². The first-order valence-corrected chi connectivity index (χ1v) is 21.3. The number of hydrogen-bond donors (Lipinski definition) is 1. The second-order valence-electron chi connectivity index (χ2n) is 12.4. The van der Waals surface area contributed by atoms with Gasteiger partial charge in [0.2, 0.25) is 0 Å². The molecule has 0 aliphatic carbocycles. The average molecular weight is 715 g/mol. The monoisotopic (exact) mass is 714 g/mol. The molecular formula is C39H59N2O4PS2. The van der Waals surface area contributed by atoms with E-state index in [1.165, 1.54) is 50.0 Å². The molecule has 0 saturated carbocycles. The maximum atomic E-state index is 6.92. The standard InChI is InChI=1S/C39H59N2O4PS2/c1-34(2)41(35(3)4)46(45-31-30-43-40)44-29-19-6-8-21-33-48-47-32-20-7-5-18-28-42-39(36-22-12-9-13-23-36,37-24-14-10-15-25-37)38-26-16-11-17-27-38/h9-17,22-27,34-35H,5-8,18-21,28-33,40H2,1-4H3. The lowest BCUT2D eigenvalue weighted by molar-refractivity contribution is 0.0107. The molecule has 0 heterocycles. The zero-order valence-corrected chi connectivity index (χ0v) is 32.2. The Labute approximate surface area is 300 Å². The fourth-order valence-corrected chi connectivity index (χ4v) is 9.70. The number of benzene rings is 3. The molecule has 2 N–H and O–H groups in total. The van der Waals surface area contributed by atoms with E-state index in [2.05, 4.69) is 128 Å². The molecule has 3 rings (SSSR count). The quantitative estimate of drug-likeness (QED) is 0.0275. The number of ether oxygens (including phenoxy) is 1. The summed E-state index contributed by atoms with van der Waals surface area (Å²) >= 11 is 0. The van der Waals surface area contributed by atoms with Crippen LogP contribution in [0.1, 0.15) is 95.8 Å². The first kappa shape index (κ1) is 41.0. The molecular weight excluding hydrogens is 656 g/mol. The van der Waals surface area contributed by atoms with Crippen LogP contribution in [0.2, 0.25) is 0 Å². The molecule has 48 heavy (non-hydrogen) atoms. The van der Waals surface area contributed by atoms with Crippen molar-refractivity contribution >= 4 is 30.1 Å². The molecule has 3 aromatic rings. The molecule has 266 valence electrons. The van der Waals surface area contributed by atoms with E-state index in [4.69, 9.17) is 19.7 Å². The van der Waals surface area contributed by atoms with Crippen molar-refractivity contribution in [1.82, 2.24) is 4.67 Å². The van der Waals surface area contributed by atoms with Gasteiger partial charge in [-0.2, -0.15) is 0 Å². The number of unbranched alkanes of at least 4 members (excludes halogenated alkanes) is 6. The Morgan fingerprint density at radius 1 is 0.562 bits per heavy atom. The summed E-state index contributed by atoms with van der Waals surface area (Å²) in [5, 5.41) is 0. The topological polar surface area (TPSA) is 66.2 Å². The highest BCUT2D eigenvalue weighted by Gasteiger charge is 2.37. The highest BCUT2D eigenvalue weighted by Crippen LogP contribution is 2.46. The molecule has 3 aromatic carbocycles. The summed E-state index contributed by atoms with van der Waals surface area (Å²) in [6.07, 6.45) is 9.47. The summed E-state index contributed by atoms with van der Waals surface area (Å²) in [6, 6.07) is 32.7. The van der Waals surface area contributed by atoms with Crippen LogP contribution in [0.15, 0.2) is 91.0 Å². The maximum Gasteiger partial charge on any atom is 0.259 e. The molecule has 1 unspecified atom stereocenters. The fraction of sp³-hybridized carbons (Fsp3) is 0.538. The first-order chi connectivity index (χ1) is 23.5. The van der Waals surface area contributed by atoms with Gasteiger partial charge in [-0.15, -0.1) is 0 Å². The molecule has 0 saturated heterocycles. The largest absolute Gasteiger partial charge is 0.361 e. The fourth-order valence-electron chi connectivity index (χ4n) is 5.80. The van der Waals surface area contributed by atoms with E-state index in [1.54, 1.807) is 0 Å². The summed E-state index contributed by atoms with van der Waals surface area (Å²) in [5.41, 5.74) is 2.87. The van der Waals surface area contributed by atoms with Crippen LogP contribution in [-0.4, -0.2) is 54.7 Å². The third-order valence-corrected chi connectivity index (χ3v) is 12.7. The minimum Gasteiger partial charge on any atom is -0.361 e. The molecule has 0 fully saturated rings. The van der Waals surface area contributed by atoms with Gasteiger partial charge in [-0.1, -0.05) is 138 Å². The second kappa shape index (κ2) is 24.7. The smallest absolute Gasteiger partial charge is 0.259 e. The van der Waals surface area contributed by atoms with Crippen LogP contribution < -0.4 is 5.90 Å². The van der Waals surface area contributed by atoms with Crippen LogP contribution >= 0.6 is 30.1 Å². The minimum atomic E-state index is -1.11. The van der Waals surface area contributed by atoms with Gasteiger partial charge in [0.05, 0.1) is 19.8 Å². The van der Waals surface area contributed by atoms with E-state index < -0.39 is 14.1 Å². The first-order valence-electron chi connectivity index (χ1n) is 17.7. The SMILES string of the molecule is CC(C)N(C(C)C)P(OCCCCCCSSCCCCCCOC(c1ccccc1)(c1ccccc1)c1ccccc1)OCCON. The predicted molar refractivity (Wildman–Crippen MR) is 208 cm³/mol. The highest BCUT2D eigenvalue weighted by atomic mass is 33.1. The Morgan fingerprint density at radius 3 is 1.42 bits per heavy atom. The Hall–Kier alpha value is -1.45. The number of rotatable bonds is 27. The lowest BCUT2D eigenvalue weighted by atomic mass is 9.80. The highest BCUT2D eigenvalue weighted by molar-refractivity contribution is 8.76. The minimum absolute atomic E-state index is 0.350. The third-order valence-electron chi connectivity index (χ3n) is 8.04. The Balaban J connectivity index is 1.28. The number of hydrogen-bond acceptors (Lipinski definition) is 8. The van der Waals surface area contributed by atoms with Gasteiger partial charge in [0.1, 0.15) is 5.60 Å². The number of nitrogens with zero attached hydrogens (tertiary/aromatic N) is 1. The summed E-state index contributed by atoms with van der Waals surface area (Å²) in [5.74, 6) is 7.59. The lowest BCUT2D eigenvalue weighted by Crippen LogP contribution is -2.34. The van der Waals surface area contributed by atoms with Gasteiger partial charge in [0.25, 0.3) is 8.53 Å². The third kappa shape index (κ3) is 14.0. The van der Waals surface area contributed by atoms with Crippen molar-refractivity contribution in [3.8, 4) is 0 Å². The van der Waals surface area contributed by atoms with Crippen molar-refractivity contribution in [2.24, 2.45) is 5.90 Å². The molecule has 6 nitrogen and oxygen atoms in total. The van der Waals surface area contributed by atoms with Crippen LogP contribution in [0, 0.1) is 0 Å². The average Bonchev–Trinajstić information content (AvgIpc) is 3.10. The van der Waals surface area contributed by atoms with E-state index in [9.17, 15) is 0 Å². The van der Waals surface area contributed by atoms with Crippen molar-refractivity contribution in [1.29, 1.82) is 0 Å². The summed E-state index contributed by atoms with van der Waals surface area (Å²) in [6.45, 7) is 11.0. The Kier molecular flexibility index (Phi) is 21.0. The van der Waals surface area contributed by atoms with E-state index in [-0.39, 0.29) is 0 Å². The maximum absolute atomic E-state index is 6.92. The lowest BCUT2D eigenvalue weighted by Gasteiger charge is -2.36. The van der Waals surface area contributed by atoms with E-state index in [0.29, 0.717) is 25.3 Å². The molecule has 0 spiro atoms. The Morgan fingerprint density at radius 2 is 0.979 bits per heavy atom. The van der Waals surface area contributed by atoms with Crippen molar-refractivity contribution < 1.29 is 18.6 Å². The van der Waals surface area contributed by atoms with E-state index in [0.717, 1.165) is 42.7 Å². The number of nitrogens with two attached hydrogens (primary N) is 1. The van der Waals surface area contributed by atoms with Crippen LogP contribution in [0.25, 0.3) is 0 Å². The van der Waals surface area contributed by atoms with Gasteiger partial charge in [0, 0.05) is 30.2 Å². The van der Waals surface area contributed by atoms with Gasteiger partial charge >= 0.3 is 0 Å². The van der Waals surface area contributed by atoms with Gasteiger partial charge in [-0.05, 0) is 70.1 Å². The van der Waals surface area contributed by atoms with Gasteiger partial charge in [-0.3, -0.25) is 0 Å². The molecule has 0 aromatic heterocycles. The molecule has 0 bridgehead atoms. The van der Waals surface area contributed by atoms with Gasteiger partial charge in [-0.25, -0.2) is 10.6 Å². The molecule has 1 atom stereocenters. The zero-order chi connectivity index (χ0) is 34.3. The molecule has 0 radical (unpaired) electrons. The van der Waals surface area contributed by atoms with Gasteiger partial charge < -0.3 is 18.6 Å². The molecule has 0 aliphatic heterocycles. The summed E-state index contributed by atoms with van der Waals surface area (Å²) in [4.78, 5) is 4.68.